The molecule has 0 saturated heterocycles. The van der Waals surface area contributed by atoms with Crippen molar-refractivity contribution in [2.24, 2.45) is 5.92 Å². The van der Waals surface area contributed by atoms with Crippen LogP contribution in [0.1, 0.15) is 55.0 Å². The Bertz CT molecular complexity index is 1450. The molecule has 0 aromatic heterocycles. The summed E-state index contributed by atoms with van der Waals surface area (Å²) in [6.45, 7) is 13.7. The minimum absolute atomic E-state index is 0.0993. The molecule has 0 radical (unpaired) electrons. The molecule has 7 nitrogen and oxygen atoms in total. The molecule has 0 saturated carbocycles. The van der Waals surface area contributed by atoms with Crippen molar-refractivity contribution in [3.8, 4) is 0 Å². The zero-order chi connectivity index (χ0) is 30.3. The van der Waals surface area contributed by atoms with Crippen LogP contribution in [0.15, 0.2) is 71.6 Å². The van der Waals surface area contributed by atoms with Gasteiger partial charge in [-0.15, -0.1) is 0 Å². The molecule has 3 aromatic carbocycles. The highest BCUT2D eigenvalue weighted by Crippen LogP contribution is 2.27. The Balaban J connectivity index is 2.09. The lowest BCUT2D eigenvalue weighted by molar-refractivity contribution is -0.140. The average molecular weight is 578 g/mol. The topological polar surface area (TPSA) is 86.8 Å². The predicted molar refractivity (Wildman–Crippen MR) is 165 cm³/mol. The van der Waals surface area contributed by atoms with Gasteiger partial charge in [0.05, 0.1) is 10.6 Å². The van der Waals surface area contributed by atoms with Crippen LogP contribution in [0.25, 0.3) is 0 Å². The van der Waals surface area contributed by atoms with Crippen LogP contribution in [-0.4, -0.2) is 44.3 Å². The minimum atomic E-state index is -4.10. The minimum Gasteiger partial charge on any atom is -0.354 e. The molecule has 0 unspecified atom stereocenters. The Morgan fingerprint density at radius 2 is 1.46 bits per heavy atom. The summed E-state index contributed by atoms with van der Waals surface area (Å²) < 4.78 is 29.3. The van der Waals surface area contributed by atoms with Crippen molar-refractivity contribution in [1.29, 1.82) is 0 Å². The molecule has 0 heterocycles. The van der Waals surface area contributed by atoms with Crippen molar-refractivity contribution < 1.29 is 18.0 Å². The van der Waals surface area contributed by atoms with Gasteiger partial charge in [-0.05, 0) is 86.6 Å². The number of nitrogens with one attached hydrogen (secondary N) is 1. The van der Waals surface area contributed by atoms with Gasteiger partial charge in [-0.2, -0.15) is 0 Å². The number of carbonyl (C=O) groups is 2. The maximum atomic E-state index is 14.2. The van der Waals surface area contributed by atoms with E-state index in [1.165, 1.54) is 9.21 Å². The molecule has 0 aliphatic heterocycles. The molecule has 0 bridgehead atoms. The maximum Gasteiger partial charge on any atom is 0.264 e. The third-order valence-corrected chi connectivity index (χ3v) is 8.84. The standard InChI is InChI=1S/C33H43N3O4S/c1-8-31(33(38)34-20-23(2)3)35(21-28-12-10-9-11-27(28)7)32(37)22-36(29-18-25(5)17-26(6)19-29)41(39,40)30-15-13-24(4)14-16-30/h9-19,23,31H,8,20-22H2,1-7H3,(H,34,38)/t31-/m0/s1. The van der Waals surface area contributed by atoms with E-state index in [1.807, 2.05) is 78.8 Å². The first-order valence-electron chi connectivity index (χ1n) is 14.1. The number of hydrogen-bond donors (Lipinski definition) is 1. The molecule has 0 fully saturated rings. The van der Waals surface area contributed by atoms with Crippen LogP contribution in [0.3, 0.4) is 0 Å². The molecular formula is C33H43N3O4S. The zero-order valence-corrected chi connectivity index (χ0v) is 26.1. The fourth-order valence-electron chi connectivity index (χ4n) is 4.77. The third kappa shape index (κ3) is 8.19. The summed E-state index contributed by atoms with van der Waals surface area (Å²) in [5, 5.41) is 2.97. The molecule has 0 aliphatic carbocycles. The van der Waals surface area contributed by atoms with Gasteiger partial charge in [-0.25, -0.2) is 8.42 Å². The first-order chi connectivity index (χ1) is 19.3. The monoisotopic (exact) mass is 577 g/mol. The molecule has 2 amide bonds. The van der Waals surface area contributed by atoms with Gasteiger partial charge in [0.1, 0.15) is 12.6 Å². The Labute approximate surface area is 245 Å². The van der Waals surface area contributed by atoms with Gasteiger partial charge in [0.25, 0.3) is 10.0 Å². The van der Waals surface area contributed by atoms with Crippen molar-refractivity contribution >= 4 is 27.5 Å². The Morgan fingerprint density at radius 3 is 2.02 bits per heavy atom. The molecule has 220 valence electrons. The fraction of sp³-hybridized carbons (Fsp3) is 0.394. The van der Waals surface area contributed by atoms with Crippen LogP contribution in [0.4, 0.5) is 5.69 Å². The summed E-state index contributed by atoms with van der Waals surface area (Å²) in [4.78, 5) is 29.2. The number of aryl methyl sites for hydroxylation is 4. The number of anilines is 1. The normalized spacial score (nSPS) is 12.2. The summed E-state index contributed by atoms with van der Waals surface area (Å²) in [6, 6.07) is 19.0. The van der Waals surface area contributed by atoms with E-state index in [0.717, 1.165) is 27.8 Å². The maximum absolute atomic E-state index is 14.2. The summed E-state index contributed by atoms with van der Waals surface area (Å²) in [7, 11) is -4.10. The molecular weight excluding hydrogens is 534 g/mol. The van der Waals surface area contributed by atoms with Crippen molar-refractivity contribution in [2.45, 2.75) is 72.4 Å². The van der Waals surface area contributed by atoms with Crippen LogP contribution in [0.5, 0.6) is 0 Å². The van der Waals surface area contributed by atoms with Gasteiger partial charge in [0.15, 0.2) is 0 Å². The van der Waals surface area contributed by atoms with Crippen LogP contribution in [-0.2, 0) is 26.2 Å². The Kier molecular flexibility index (Phi) is 10.7. The van der Waals surface area contributed by atoms with E-state index in [0.29, 0.717) is 18.7 Å². The molecule has 8 heteroatoms. The second-order valence-electron chi connectivity index (χ2n) is 11.2. The van der Waals surface area contributed by atoms with Crippen molar-refractivity contribution in [2.75, 3.05) is 17.4 Å². The van der Waals surface area contributed by atoms with Gasteiger partial charge < -0.3 is 10.2 Å². The van der Waals surface area contributed by atoms with Crippen LogP contribution in [0, 0.1) is 33.6 Å². The lowest BCUT2D eigenvalue weighted by Crippen LogP contribution is -2.52. The number of carbonyl (C=O) groups excluding carboxylic acids is 2. The van der Waals surface area contributed by atoms with Crippen molar-refractivity contribution in [3.63, 3.8) is 0 Å². The number of hydrogen-bond acceptors (Lipinski definition) is 4. The average Bonchev–Trinajstić information content (AvgIpc) is 2.90. The number of amides is 2. The Morgan fingerprint density at radius 1 is 0.854 bits per heavy atom. The molecule has 1 atom stereocenters. The molecule has 3 rings (SSSR count). The van der Waals surface area contributed by atoms with E-state index < -0.39 is 28.5 Å². The molecule has 0 aliphatic rings. The molecule has 0 spiro atoms. The smallest absolute Gasteiger partial charge is 0.264 e. The summed E-state index contributed by atoms with van der Waals surface area (Å²) >= 11 is 0. The van der Waals surface area contributed by atoms with Crippen LogP contribution < -0.4 is 9.62 Å². The van der Waals surface area contributed by atoms with Crippen molar-refractivity contribution in [3.05, 3.63) is 94.5 Å². The number of rotatable bonds is 12. The van der Waals surface area contributed by atoms with E-state index in [4.69, 9.17) is 0 Å². The third-order valence-electron chi connectivity index (χ3n) is 7.05. The Hall–Kier alpha value is -3.65. The van der Waals surface area contributed by atoms with Gasteiger partial charge in [0.2, 0.25) is 11.8 Å². The van der Waals surface area contributed by atoms with Gasteiger partial charge in [-0.1, -0.05) is 68.8 Å². The number of benzene rings is 3. The zero-order valence-electron chi connectivity index (χ0n) is 25.3. The van der Waals surface area contributed by atoms with Gasteiger partial charge >= 0.3 is 0 Å². The van der Waals surface area contributed by atoms with E-state index in [-0.39, 0.29) is 23.3 Å². The van der Waals surface area contributed by atoms with E-state index >= 15 is 0 Å². The summed E-state index contributed by atoms with van der Waals surface area (Å²) in [5.41, 5.74) is 4.99. The van der Waals surface area contributed by atoms with Crippen LogP contribution in [0.2, 0.25) is 0 Å². The highest BCUT2D eigenvalue weighted by Gasteiger charge is 2.34. The SMILES string of the molecule is CC[C@@H](C(=O)NCC(C)C)N(Cc1ccccc1C)C(=O)CN(c1cc(C)cc(C)c1)S(=O)(=O)c1ccc(C)cc1. The lowest BCUT2D eigenvalue weighted by Gasteiger charge is -2.33. The summed E-state index contributed by atoms with van der Waals surface area (Å²) in [6.07, 6.45) is 0.385. The quantitative estimate of drug-likeness (QED) is 0.299. The highest BCUT2D eigenvalue weighted by molar-refractivity contribution is 7.92. The number of nitrogens with zero attached hydrogens (tertiary/aromatic N) is 2. The first-order valence-corrected chi connectivity index (χ1v) is 15.6. The predicted octanol–water partition coefficient (Wildman–Crippen LogP) is 5.70. The van der Waals surface area contributed by atoms with E-state index in [2.05, 4.69) is 5.32 Å². The van der Waals surface area contributed by atoms with Crippen molar-refractivity contribution in [1.82, 2.24) is 10.2 Å². The largest absolute Gasteiger partial charge is 0.354 e. The fourth-order valence-corrected chi connectivity index (χ4v) is 6.17. The molecule has 41 heavy (non-hydrogen) atoms. The molecule has 1 N–H and O–H groups in total. The van der Waals surface area contributed by atoms with Gasteiger partial charge in [0, 0.05) is 13.1 Å². The second-order valence-corrected chi connectivity index (χ2v) is 13.0. The van der Waals surface area contributed by atoms with Gasteiger partial charge in [-0.3, -0.25) is 13.9 Å². The van der Waals surface area contributed by atoms with E-state index in [9.17, 15) is 18.0 Å². The summed E-state index contributed by atoms with van der Waals surface area (Å²) in [5.74, 6) is -0.450. The highest BCUT2D eigenvalue weighted by atomic mass is 32.2. The second kappa shape index (κ2) is 13.8. The molecule has 3 aromatic rings. The van der Waals surface area contributed by atoms with E-state index in [1.54, 1.807) is 36.4 Å². The lowest BCUT2D eigenvalue weighted by atomic mass is 10.1. The number of sulfonamides is 1. The van der Waals surface area contributed by atoms with Crippen LogP contribution >= 0.6 is 0 Å². The first kappa shape index (κ1) is 31.9.